The third-order valence-corrected chi connectivity index (χ3v) is 2.32. The first-order chi connectivity index (χ1) is 7.47. The number of hydrogen-bond acceptors (Lipinski definition) is 3. The van der Waals surface area contributed by atoms with Crippen LogP contribution in [0.1, 0.15) is 13.8 Å². The minimum absolute atomic E-state index is 0.349. The number of rotatable bonds is 3. The monoisotopic (exact) mass is 219 g/mol. The van der Waals surface area contributed by atoms with Crippen molar-refractivity contribution < 1.29 is 4.74 Å². The van der Waals surface area contributed by atoms with E-state index < -0.39 is 0 Å². The first-order valence-corrected chi connectivity index (χ1v) is 5.30. The Hall–Kier alpha value is -1.55. The molecule has 4 heteroatoms. The summed E-state index contributed by atoms with van der Waals surface area (Å²) in [6, 6.07) is 8.55. The van der Waals surface area contributed by atoms with Crippen molar-refractivity contribution in [1.82, 2.24) is 9.55 Å². The van der Waals surface area contributed by atoms with Crippen molar-refractivity contribution in [3.63, 3.8) is 0 Å². The summed E-state index contributed by atoms with van der Waals surface area (Å²) >= 11 is 0. The van der Waals surface area contributed by atoms with Gasteiger partial charge in [0.05, 0.1) is 11.0 Å². The third kappa shape index (κ3) is 2.17. The van der Waals surface area contributed by atoms with Gasteiger partial charge in [0, 0.05) is 12.6 Å². The lowest BCUT2D eigenvalue weighted by Gasteiger charge is -2.18. The molecule has 0 aliphatic rings. The Labute approximate surface area is 95.0 Å². The highest BCUT2D eigenvalue weighted by atomic mass is 16.5. The molecule has 0 fully saturated rings. The van der Waals surface area contributed by atoms with E-state index in [1.54, 1.807) is 0 Å². The van der Waals surface area contributed by atoms with Crippen LogP contribution in [0.25, 0.3) is 11.0 Å². The molecule has 0 saturated heterocycles. The Bertz CT molecular complexity index is 496. The van der Waals surface area contributed by atoms with E-state index in [9.17, 15) is 0 Å². The van der Waals surface area contributed by atoms with Crippen molar-refractivity contribution >= 4 is 11.0 Å². The Morgan fingerprint density at radius 2 is 2.06 bits per heavy atom. The number of fused-ring (bicyclic) bond motifs is 1. The lowest BCUT2D eigenvalue weighted by Crippen LogP contribution is -2.39. The minimum Gasteiger partial charge on any atom is -0.463 e. The molecule has 0 radical (unpaired) electrons. The SMILES string of the molecule is Cn1c(OCC(C)(C)N)nc2ccccc21. The van der Waals surface area contributed by atoms with Crippen LogP contribution in [0.2, 0.25) is 0 Å². The van der Waals surface area contributed by atoms with Crippen LogP contribution >= 0.6 is 0 Å². The van der Waals surface area contributed by atoms with Gasteiger partial charge in [0.1, 0.15) is 6.61 Å². The fourth-order valence-corrected chi connectivity index (χ4v) is 1.50. The largest absolute Gasteiger partial charge is 0.463 e. The molecule has 4 nitrogen and oxygen atoms in total. The van der Waals surface area contributed by atoms with Gasteiger partial charge in [-0.05, 0) is 26.0 Å². The molecule has 0 aliphatic carbocycles. The second-order valence-electron chi connectivity index (χ2n) is 4.72. The average molecular weight is 219 g/mol. The van der Waals surface area contributed by atoms with Crippen molar-refractivity contribution in [2.24, 2.45) is 12.8 Å². The lowest BCUT2D eigenvalue weighted by molar-refractivity contribution is 0.221. The van der Waals surface area contributed by atoms with E-state index in [0.29, 0.717) is 12.6 Å². The number of benzene rings is 1. The quantitative estimate of drug-likeness (QED) is 0.854. The van der Waals surface area contributed by atoms with Crippen LogP contribution in [0, 0.1) is 0 Å². The highest BCUT2D eigenvalue weighted by molar-refractivity contribution is 5.76. The Balaban J connectivity index is 2.28. The average Bonchev–Trinajstić information content (AvgIpc) is 2.53. The van der Waals surface area contributed by atoms with Crippen LogP contribution in [0.4, 0.5) is 0 Å². The number of ether oxygens (including phenoxy) is 1. The Morgan fingerprint density at radius 1 is 1.38 bits per heavy atom. The smallest absolute Gasteiger partial charge is 0.297 e. The van der Waals surface area contributed by atoms with Crippen LogP contribution in [0.5, 0.6) is 6.01 Å². The van der Waals surface area contributed by atoms with Gasteiger partial charge in [-0.25, -0.2) is 0 Å². The normalized spacial score (nSPS) is 12.0. The van der Waals surface area contributed by atoms with Gasteiger partial charge in [0.15, 0.2) is 0 Å². The van der Waals surface area contributed by atoms with Gasteiger partial charge in [0.25, 0.3) is 6.01 Å². The number of aryl methyl sites for hydroxylation is 1. The number of aromatic nitrogens is 2. The van der Waals surface area contributed by atoms with Crippen molar-refractivity contribution in [3.8, 4) is 6.01 Å². The zero-order chi connectivity index (χ0) is 11.8. The van der Waals surface area contributed by atoms with Crippen molar-refractivity contribution in [2.75, 3.05) is 6.61 Å². The number of para-hydroxylation sites is 2. The summed E-state index contributed by atoms with van der Waals surface area (Å²) in [5.74, 6) is 0. The molecule has 0 atom stereocenters. The molecular weight excluding hydrogens is 202 g/mol. The molecule has 2 aromatic rings. The summed E-state index contributed by atoms with van der Waals surface area (Å²) in [7, 11) is 1.94. The molecule has 86 valence electrons. The van der Waals surface area contributed by atoms with Crippen LogP contribution < -0.4 is 10.5 Å². The number of nitrogens with two attached hydrogens (primary N) is 1. The maximum atomic E-state index is 5.87. The predicted octanol–water partition coefficient (Wildman–Crippen LogP) is 1.69. The van der Waals surface area contributed by atoms with E-state index >= 15 is 0 Å². The fraction of sp³-hybridized carbons (Fsp3) is 0.417. The summed E-state index contributed by atoms with van der Waals surface area (Å²) in [4.78, 5) is 4.40. The first kappa shape index (κ1) is 11.0. The van der Waals surface area contributed by atoms with E-state index in [0.717, 1.165) is 11.0 Å². The van der Waals surface area contributed by atoms with E-state index in [1.807, 2.05) is 49.7 Å². The zero-order valence-electron chi connectivity index (χ0n) is 9.90. The van der Waals surface area contributed by atoms with Gasteiger partial charge in [-0.3, -0.25) is 4.57 Å². The van der Waals surface area contributed by atoms with Crippen LogP contribution in [0.15, 0.2) is 24.3 Å². The number of imidazole rings is 1. The van der Waals surface area contributed by atoms with Gasteiger partial charge in [-0.15, -0.1) is 0 Å². The van der Waals surface area contributed by atoms with Crippen molar-refractivity contribution in [3.05, 3.63) is 24.3 Å². The van der Waals surface area contributed by atoms with Gasteiger partial charge >= 0.3 is 0 Å². The third-order valence-electron chi connectivity index (χ3n) is 2.32. The highest BCUT2D eigenvalue weighted by Gasteiger charge is 2.14. The number of hydrogen-bond donors (Lipinski definition) is 1. The lowest BCUT2D eigenvalue weighted by atomic mass is 10.1. The van der Waals surface area contributed by atoms with Gasteiger partial charge < -0.3 is 10.5 Å². The maximum Gasteiger partial charge on any atom is 0.297 e. The first-order valence-electron chi connectivity index (χ1n) is 5.30. The molecule has 16 heavy (non-hydrogen) atoms. The minimum atomic E-state index is -0.349. The standard InChI is InChI=1S/C12H17N3O/c1-12(2,13)8-16-11-14-9-6-4-5-7-10(9)15(11)3/h4-7H,8,13H2,1-3H3. The molecule has 1 aromatic carbocycles. The van der Waals surface area contributed by atoms with Crippen LogP contribution in [-0.4, -0.2) is 21.7 Å². The molecule has 0 amide bonds. The second kappa shape index (κ2) is 3.79. The van der Waals surface area contributed by atoms with E-state index in [4.69, 9.17) is 10.5 Å². The van der Waals surface area contributed by atoms with E-state index in [2.05, 4.69) is 4.98 Å². The molecule has 0 spiro atoms. The topological polar surface area (TPSA) is 53.1 Å². The van der Waals surface area contributed by atoms with Crippen molar-refractivity contribution in [1.29, 1.82) is 0 Å². The summed E-state index contributed by atoms with van der Waals surface area (Å²) in [5, 5.41) is 0. The van der Waals surface area contributed by atoms with E-state index in [1.165, 1.54) is 0 Å². The summed E-state index contributed by atoms with van der Waals surface area (Å²) in [5.41, 5.74) is 7.52. The van der Waals surface area contributed by atoms with E-state index in [-0.39, 0.29) is 5.54 Å². The molecule has 0 unspecified atom stereocenters. The van der Waals surface area contributed by atoms with Crippen LogP contribution in [-0.2, 0) is 7.05 Å². The zero-order valence-corrected chi connectivity index (χ0v) is 9.90. The van der Waals surface area contributed by atoms with Gasteiger partial charge in [0.2, 0.25) is 0 Å². The predicted molar refractivity (Wildman–Crippen MR) is 64.5 cm³/mol. The number of nitrogens with zero attached hydrogens (tertiary/aromatic N) is 2. The summed E-state index contributed by atoms with van der Waals surface area (Å²) in [6.45, 7) is 4.30. The fourth-order valence-electron chi connectivity index (χ4n) is 1.50. The molecule has 1 heterocycles. The van der Waals surface area contributed by atoms with Gasteiger partial charge in [-0.2, -0.15) is 4.98 Å². The summed E-state index contributed by atoms with van der Waals surface area (Å²) in [6.07, 6.45) is 0. The van der Waals surface area contributed by atoms with Crippen molar-refractivity contribution in [2.45, 2.75) is 19.4 Å². The molecule has 0 saturated carbocycles. The van der Waals surface area contributed by atoms with Gasteiger partial charge in [-0.1, -0.05) is 12.1 Å². The molecule has 2 rings (SSSR count). The second-order valence-corrected chi connectivity index (χ2v) is 4.72. The maximum absolute atomic E-state index is 5.87. The Morgan fingerprint density at radius 3 is 2.69 bits per heavy atom. The molecular formula is C12H17N3O. The molecule has 2 N–H and O–H groups in total. The highest BCUT2D eigenvalue weighted by Crippen LogP contribution is 2.19. The van der Waals surface area contributed by atoms with Crippen LogP contribution in [0.3, 0.4) is 0 Å². The molecule has 0 bridgehead atoms. The summed E-state index contributed by atoms with van der Waals surface area (Å²) < 4.78 is 7.54. The molecule has 0 aliphatic heterocycles. The Kier molecular flexibility index (Phi) is 2.59. The molecule has 1 aromatic heterocycles.